The third-order valence-electron chi connectivity index (χ3n) is 9.68. The largest absolute Gasteiger partial charge is 0.497 e. The molecule has 2 unspecified atom stereocenters. The molecular weight excluding hydrogens is 686 g/mol. The summed E-state index contributed by atoms with van der Waals surface area (Å²) in [6.45, 7) is 3.49. The summed E-state index contributed by atoms with van der Waals surface area (Å²) in [6, 6.07) is 27.6. The number of hydrogen-bond acceptors (Lipinski definition) is 9. The van der Waals surface area contributed by atoms with Crippen LogP contribution in [-0.4, -0.2) is 49.5 Å². The van der Waals surface area contributed by atoms with E-state index in [0.29, 0.717) is 39.2 Å². The molecule has 0 bridgehead atoms. The molecule has 54 heavy (non-hydrogen) atoms. The lowest BCUT2D eigenvalue weighted by Gasteiger charge is -2.43. The van der Waals surface area contributed by atoms with Crippen molar-refractivity contribution >= 4 is 56.7 Å². The summed E-state index contributed by atoms with van der Waals surface area (Å²) in [5, 5.41) is 2.61. The van der Waals surface area contributed by atoms with E-state index in [0.717, 1.165) is 21.9 Å². The van der Waals surface area contributed by atoms with Crippen molar-refractivity contribution < 1.29 is 38.0 Å². The Bertz CT molecular complexity index is 2530. The molecule has 0 spiro atoms. The van der Waals surface area contributed by atoms with Gasteiger partial charge in [0.15, 0.2) is 12.2 Å². The van der Waals surface area contributed by atoms with Gasteiger partial charge in [0, 0.05) is 30.7 Å². The van der Waals surface area contributed by atoms with Crippen LogP contribution >= 0.6 is 0 Å². The number of aromatic nitrogens is 1. The maximum atomic E-state index is 14.5. The number of benzene rings is 5. The second-order valence-electron chi connectivity index (χ2n) is 13.5. The molecule has 1 aliphatic heterocycles. The first-order valence-corrected chi connectivity index (χ1v) is 17.3. The van der Waals surface area contributed by atoms with Crippen LogP contribution in [0.25, 0.3) is 44.7 Å². The number of hydrogen-bond donors (Lipinski definition) is 0. The summed E-state index contributed by atoms with van der Waals surface area (Å²) in [5.41, 5.74) is 1.43. The third-order valence-corrected chi connectivity index (χ3v) is 9.68. The number of ether oxygens (including phenoxy) is 6. The molecule has 1 aromatic heterocycles. The fourth-order valence-corrected chi connectivity index (χ4v) is 6.94. The highest BCUT2D eigenvalue weighted by atomic mass is 16.6. The Morgan fingerprint density at radius 3 is 1.85 bits per heavy atom. The van der Waals surface area contributed by atoms with Crippen LogP contribution in [0.2, 0.25) is 0 Å². The number of nitrogens with zero attached hydrogens (tertiary/aromatic N) is 1. The minimum Gasteiger partial charge on any atom is -0.497 e. The van der Waals surface area contributed by atoms with E-state index in [1.807, 2.05) is 48.0 Å². The molecule has 1 aliphatic rings. The summed E-state index contributed by atoms with van der Waals surface area (Å²) in [5.74, 6) is 0.578. The minimum absolute atomic E-state index is 0.268. The van der Waals surface area contributed by atoms with Gasteiger partial charge in [0.2, 0.25) is 5.43 Å². The number of carbonyl (C=O) groups excluding carboxylic acids is 2. The molecule has 0 saturated carbocycles. The van der Waals surface area contributed by atoms with Gasteiger partial charge in [0.25, 0.3) is 0 Å². The van der Waals surface area contributed by atoms with Crippen molar-refractivity contribution in [2.24, 2.45) is 7.05 Å². The van der Waals surface area contributed by atoms with Crippen molar-refractivity contribution in [2.75, 3.05) is 21.3 Å². The molecule has 274 valence electrons. The first-order valence-electron chi connectivity index (χ1n) is 17.3. The second-order valence-corrected chi connectivity index (χ2v) is 13.5. The van der Waals surface area contributed by atoms with Gasteiger partial charge in [-0.3, -0.25) is 4.79 Å². The molecule has 2 atom stereocenters. The number of esters is 2. The average Bonchev–Trinajstić information content (AvgIpc) is 3.18. The van der Waals surface area contributed by atoms with Crippen molar-refractivity contribution in [3.05, 3.63) is 130 Å². The fourth-order valence-electron chi connectivity index (χ4n) is 6.94. The molecule has 10 nitrogen and oxygen atoms in total. The third kappa shape index (κ3) is 6.74. The molecule has 5 aromatic carbocycles. The van der Waals surface area contributed by atoms with Crippen molar-refractivity contribution in [2.45, 2.75) is 31.7 Å². The number of aryl methyl sites for hydroxylation is 1. The number of rotatable bonds is 9. The van der Waals surface area contributed by atoms with Gasteiger partial charge in [-0.25, -0.2) is 9.59 Å². The van der Waals surface area contributed by atoms with Gasteiger partial charge < -0.3 is 33.0 Å². The van der Waals surface area contributed by atoms with Crippen LogP contribution in [0.5, 0.6) is 23.0 Å². The van der Waals surface area contributed by atoms with Crippen LogP contribution in [0.15, 0.2) is 108 Å². The fraction of sp³-hybridized carbons (Fsp3) is 0.205. The van der Waals surface area contributed by atoms with Crippen LogP contribution in [-0.2, 0) is 26.1 Å². The molecule has 0 saturated heterocycles. The van der Waals surface area contributed by atoms with Gasteiger partial charge in [0.05, 0.1) is 43.3 Å². The van der Waals surface area contributed by atoms with Gasteiger partial charge in [0.1, 0.15) is 28.6 Å². The second kappa shape index (κ2) is 14.5. The van der Waals surface area contributed by atoms with E-state index in [-0.39, 0.29) is 16.6 Å². The summed E-state index contributed by atoms with van der Waals surface area (Å²) in [7, 11) is 6.47. The number of carbonyl (C=O) groups is 2. The van der Waals surface area contributed by atoms with Gasteiger partial charge in [-0.05, 0) is 84.3 Å². The summed E-state index contributed by atoms with van der Waals surface area (Å²) < 4.78 is 37.2. The Balaban J connectivity index is 1.38. The lowest BCUT2D eigenvalue weighted by atomic mass is 9.86. The minimum atomic E-state index is -1.22. The van der Waals surface area contributed by atoms with E-state index in [9.17, 15) is 14.4 Å². The lowest BCUT2D eigenvalue weighted by molar-refractivity contribution is -0.184. The zero-order chi connectivity index (χ0) is 38.1. The van der Waals surface area contributed by atoms with E-state index in [1.54, 1.807) is 94.8 Å². The highest BCUT2D eigenvalue weighted by Gasteiger charge is 2.50. The van der Waals surface area contributed by atoms with E-state index in [2.05, 4.69) is 0 Å². The summed E-state index contributed by atoms with van der Waals surface area (Å²) in [4.78, 5) is 41.8. The van der Waals surface area contributed by atoms with E-state index < -0.39 is 29.7 Å². The van der Waals surface area contributed by atoms with Gasteiger partial charge in [-0.1, -0.05) is 48.5 Å². The van der Waals surface area contributed by atoms with Crippen molar-refractivity contribution in [1.82, 2.24) is 4.57 Å². The highest BCUT2D eigenvalue weighted by molar-refractivity contribution is 6.04. The molecule has 6 aromatic rings. The molecule has 0 N–H and O–H groups in total. The Hall–Kier alpha value is -6.55. The maximum Gasteiger partial charge on any atom is 0.331 e. The van der Waals surface area contributed by atoms with Crippen molar-refractivity contribution in [3.8, 4) is 23.0 Å². The van der Waals surface area contributed by atoms with Gasteiger partial charge in [-0.2, -0.15) is 0 Å². The molecule has 0 fully saturated rings. The molecule has 0 radical (unpaired) electrons. The molecule has 0 aliphatic carbocycles. The van der Waals surface area contributed by atoms with Gasteiger partial charge >= 0.3 is 11.9 Å². The SMILES string of the molecule is COc1ccc(/C=C/C(=O)OC2c3c(cc(OC)c4c(=O)c5cc6ccccc6cc5n(C)c34)OC(C)(C)C2OC(=O)/C=C/c2ccc(OC)cc2)cc1. The Morgan fingerprint density at radius 2 is 1.30 bits per heavy atom. The standard InChI is InChI=1S/C44H39NO9/c1-44(2)43(53-37(47)22-16-27-13-19-31(50-5)20-14-27)42(52-36(46)21-15-26-11-17-30(49-4)18-12-26)39-35(54-44)25-34(51-6)38-40(39)45(3)33-24-29-10-8-7-9-28(29)23-32(33)41(38)48/h7-25,42-43H,1-6H3/b21-15+,22-16+. The van der Waals surface area contributed by atoms with Crippen LogP contribution in [0.3, 0.4) is 0 Å². The van der Waals surface area contributed by atoms with Crippen LogP contribution < -0.4 is 24.4 Å². The van der Waals surface area contributed by atoms with Crippen molar-refractivity contribution in [3.63, 3.8) is 0 Å². The monoisotopic (exact) mass is 725 g/mol. The molecule has 0 amide bonds. The zero-order valence-electron chi connectivity index (χ0n) is 30.7. The van der Waals surface area contributed by atoms with Crippen LogP contribution in [0.1, 0.15) is 36.6 Å². The molecule has 7 rings (SSSR count). The zero-order valence-corrected chi connectivity index (χ0v) is 30.7. The molecular formula is C44H39NO9. The predicted octanol–water partition coefficient (Wildman–Crippen LogP) is 7.96. The van der Waals surface area contributed by atoms with E-state index in [4.69, 9.17) is 28.4 Å². The average molecular weight is 726 g/mol. The Labute approximate surface area is 311 Å². The van der Waals surface area contributed by atoms with E-state index >= 15 is 0 Å². The lowest BCUT2D eigenvalue weighted by Crippen LogP contribution is -2.52. The summed E-state index contributed by atoms with van der Waals surface area (Å²) in [6.07, 6.45) is 3.47. The number of pyridine rings is 1. The number of methoxy groups -OCH3 is 3. The molecule has 2 heterocycles. The number of fused-ring (bicyclic) bond motifs is 5. The quantitative estimate of drug-likeness (QED) is 0.0833. The molecule has 10 heteroatoms. The van der Waals surface area contributed by atoms with Crippen LogP contribution in [0.4, 0.5) is 0 Å². The summed E-state index contributed by atoms with van der Waals surface area (Å²) >= 11 is 0. The van der Waals surface area contributed by atoms with Crippen molar-refractivity contribution in [1.29, 1.82) is 0 Å². The predicted molar refractivity (Wildman–Crippen MR) is 208 cm³/mol. The Morgan fingerprint density at radius 1 is 0.741 bits per heavy atom. The first-order chi connectivity index (χ1) is 26.0. The topological polar surface area (TPSA) is 112 Å². The normalized spacial score (nSPS) is 16.3. The smallest absolute Gasteiger partial charge is 0.331 e. The first kappa shape index (κ1) is 35.8. The van der Waals surface area contributed by atoms with Gasteiger partial charge in [-0.15, -0.1) is 0 Å². The Kier molecular flexibility index (Phi) is 9.60. The van der Waals surface area contributed by atoms with E-state index in [1.165, 1.54) is 19.3 Å². The van der Waals surface area contributed by atoms with Crippen LogP contribution in [0, 0.1) is 0 Å². The maximum absolute atomic E-state index is 14.5. The highest BCUT2D eigenvalue weighted by Crippen LogP contribution is 2.49.